The van der Waals surface area contributed by atoms with Crippen molar-refractivity contribution in [1.82, 2.24) is 19.5 Å². The maximum absolute atomic E-state index is 6.34. The third-order valence-corrected chi connectivity index (χ3v) is 12.0. The van der Waals surface area contributed by atoms with Crippen LogP contribution in [-0.4, -0.2) is 19.5 Å². The number of aromatic nitrogens is 4. The maximum Gasteiger partial charge on any atom is 0.238 e. The van der Waals surface area contributed by atoms with Gasteiger partial charge in [0.15, 0.2) is 11.6 Å². The van der Waals surface area contributed by atoms with Crippen molar-refractivity contribution in [3.8, 4) is 39.9 Å². The van der Waals surface area contributed by atoms with Crippen molar-refractivity contribution >= 4 is 86.0 Å². The van der Waals surface area contributed by atoms with E-state index in [1.165, 1.54) is 20.2 Å². The Morgan fingerprint density at radius 3 is 1.95 bits per heavy atom. The van der Waals surface area contributed by atoms with Gasteiger partial charge in [0, 0.05) is 63.8 Å². The highest BCUT2D eigenvalue weighted by atomic mass is 32.1. The largest absolute Gasteiger partial charge is 0.456 e. The van der Waals surface area contributed by atoms with Gasteiger partial charge in [-0.1, -0.05) is 147 Å². The molecule has 0 N–H and O–H groups in total. The predicted molar refractivity (Wildman–Crippen MR) is 239 cm³/mol. The summed E-state index contributed by atoms with van der Waals surface area (Å²) in [6, 6.07) is 59.7. The predicted octanol–water partition coefficient (Wildman–Crippen LogP) is 14.4. The molecule has 12 aromatic rings. The summed E-state index contributed by atoms with van der Waals surface area (Å²) in [5.74, 6) is 1.73. The molecule has 0 unspecified atom stereocenters. The molecule has 0 saturated carbocycles. The molecule has 0 saturated heterocycles. The van der Waals surface area contributed by atoms with E-state index < -0.39 is 0 Å². The van der Waals surface area contributed by atoms with E-state index >= 15 is 0 Å². The Kier molecular flexibility index (Phi) is 7.72. The molecule has 0 bridgehead atoms. The molecule has 5 nitrogen and oxygen atoms in total. The van der Waals surface area contributed by atoms with Gasteiger partial charge in [0.1, 0.15) is 11.2 Å². The van der Waals surface area contributed by atoms with Crippen LogP contribution in [0.3, 0.4) is 0 Å². The number of hydrogen-bond acceptors (Lipinski definition) is 5. The second-order valence-corrected chi connectivity index (χ2v) is 15.1. The molecule has 0 radical (unpaired) electrons. The molecule has 0 atom stereocenters. The van der Waals surface area contributed by atoms with E-state index in [4.69, 9.17) is 19.4 Å². The SMILES string of the molecule is CC.c1ccc(-c2nc(-c3ccc4c(c3)oc3ccccc34)nc(-n3c4c(-c5ccc6sc7ccccc7c6c5)cccc4c4ccc5ccccc5c43)n2)cc1. The van der Waals surface area contributed by atoms with Gasteiger partial charge in [-0.15, -0.1) is 11.3 Å². The summed E-state index contributed by atoms with van der Waals surface area (Å²) >= 11 is 1.84. The molecule has 4 heterocycles. The van der Waals surface area contributed by atoms with Gasteiger partial charge in [0.25, 0.3) is 0 Å². The van der Waals surface area contributed by atoms with Crippen LogP contribution in [0, 0.1) is 0 Å². The first-order valence-electron chi connectivity index (χ1n) is 19.4. The minimum absolute atomic E-state index is 0.555. The first-order valence-corrected chi connectivity index (χ1v) is 20.2. The Balaban J connectivity index is 0.00000184. The number of fused-ring (bicyclic) bond motifs is 11. The second-order valence-electron chi connectivity index (χ2n) is 14.0. The molecule has 0 aliphatic heterocycles. The van der Waals surface area contributed by atoms with Crippen LogP contribution >= 0.6 is 11.3 Å². The van der Waals surface area contributed by atoms with Crippen molar-refractivity contribution in [3.05, 3.63) is 170 Å². The summed E-state index contributed by atoms with van der Waals surface area (Å²) in [5, 5.41) is 9.25. The van der Waals surface area contributed by atoms with E-state index in [1.807, 2.05) is 61.6 Å². The highest BCUT2D eigenvalue weighted by Crippen LogP contribution is 2.43. The zero-order chi connectivity index (χ0) is 38.0. The van der Waals surface area contributed by atoms with Crippen LogP contribution in [0.15, 0.2) is 174 Å². The number of furan rings is 1. The van der Waals surface area contributed by atoms with Crippen LogP contribution in [-0.2, 0) is 0 Å². The summed E-state index contributed by atoms with van der Waals surface area (Å²) in [7, 11) is 0. The van der Waals surface area contributed by atoms with Crippen LogP contribution in [0.25, 0.3) is 115 Å². The van der Waals surface area contributed by atoms with Crippen LogP contribution in [0.4, 0.5) is 0 Å². The van der Waals surface area contributed by atoms with Crippen LogP contribution in [0.2, 0.25) is 0 Å². The Hall–Kier alpha value is -7.15. The van der Waals surface area contributed by atoms with Crippen molar-refractivity contribution < 1.29 is 4.42 Å². The standard InChI is InChI=1S/C49H28N4OS.C2H6/c1-2-12-30(13-3-1)47-50-48(32-22-24-36-35-15-6-8-19-41(35)54-42(36)28-32)52-49(51-47)53-45-33-14-5-4-11-29(33)21-25-39(45)38-18-10-17-34(46(38)53)31-23-26-44-40(27-31)37-16-7-9-20-43(37)55-44;1-2/h1-28H;1-2H3. The van der Waals surface area contributed by atoms with Gasteiger partial charge < -0.3 is 4.42 Å². The first kappa shape index (κ1) is 33.2. The average molecular weight is 751 g/mol. The Morgan fingerprint density at radius 2 is 1.07 bits per heavy atom. The molecular formula is C51H34N4OS. The Morgan fingerprint density at radius 1 is 0.421 bits per heavy atom. The number of thiophene rings is 1. The third kappa shape index (κ3) is 5.25. The Labute approximate surface area is 332 Å². The highest BCUT2D eigenvalue weighted by molar-refractivity contribution is 7.25. The molecule has 6 heteroatoms. The number of nitrogens with zero attached hydrogens (tertiary/aromatic N) is 4. The van der Waals surface area contributed by atoms with Crippen molar-refractivity contribution in [2.24, 2.45) is 0 Å². The summed E-state index contributed by atoms with van der Waals surface area (Å²) in [5.41, 5.74) is 7.79. The number of para-hydroxylation sites is 2. The smallest absolute Gasteiger partial charge is 0.238 e. The summed E-state index contributed by atoms with van der Waals surface area (Å²) in [4.78, 5) is 15.8. The minimum Gasteiger partial charge on any atom is -0.456 e. The normalized spacial score (nSPS) is 11.7. The van der Waals surface area contributed by atoms with Gasteiger partial charge >= 0.3 is 0 Å². The fourth-order valence-electron chi connectivity index (χ4n) is 8.33. The van der Waals surface area contributed by atoms with Gasteiger partial charge in [0.2, 0.25) is 5.95 Å². The van der Waals surface area contributed by atoms with Crippen LogP contribution < -0.4 is 0 Å². The van der Waals surface area contributed by atoms with Crippen molar-refractivity contribution in [2.75, 3.05) is 0 Å². The van der Waals surface area contributed by atoms with Gasteiger partial charge in [-0.25, -0.2) is 4.98 Å². The molecular weight excluding hydrogens is 717 g/mol. The lowest BCUT2D eigenvalue weighted by molar-refractivity contribution is 0.669. The average Bonchev–Trinajstić information content (AvgIpc) is 3.96. The van der Waals surface area contributed by atoms with Gasteiger partial charge in [-0.05, 0) is 47.3 Å². The van der Waals surface area contributed by atoms with Crippen LogP contribution in [0.1, 0.15) is 13.8 Å². The van der Waals surface area contributed by atoms with E-state index in [2.05, 4.69) is 138 Å². The van der Waals surface area contributed by atoms with E-state index in [9.17, 15) is 0 Å². The lowest BCUT2D eigenvalue weighted by atomic mass is 9.99. The fraction of sp³-hybridized carbons (Fsp3) is 0.0392. The molecule has 0 aliphatic rings. The van der Waals surface area contributed by atoms with Gasteiger partial charge in [-0.2, -0.15) is 9.97 Å². The fourth-order valence-corrected chi connectivity index (χ4v) is 9.42. The topological polar surface area (TPSA) is 56.7 Å². The van der Waals surface area contributed by atoms with E-state index in [0.717, 1.165) is 76.8 Å². The molecule has 12 rings (SSSR count). The summed E-state index contributed by atoms with van der Waals surface area (Å²) in [6.45, 7) is 4.00. The Bertz CT molecular complexity index is 3500. The molecule has 8 aromatic carbocycles. The molecule has 4 aromatic heterocycles. The summed E-state index contributed by atoms with van der Waals surface area (Å²) < 4.78 is 11.2. The van der Waals surface area contributed by atoms with Crippen molar-refractivity contribution in [1.29, 1.82) is 0 Å². The van der Waals surface area contributed by atoms with E-state index in [1.54, 1.807) is 0 Å². The zero-order valence-electron chi connectivity index (χ0n) is 31.3. The van der Waals surface area contributed by atoms with E-state index in [0.29, 0.717) is 17.6 Å². The molecule has 270 valence electrons. The van der Waals surface area contributed by atoms with Crippen LogP contribution in [0.5, 0.6) is 0 Å². The maximum atomic E-state index is 6.34. The number of rotatable bonds is 4. The molecule has 0 fully saturated rings. The first-order chi connectivity index (χ1) is 28.2. The molecule has 0 aliphatic carbocycles. The lowest BCUT2D eigenvalue weighted by Gasteiger charge is -2.14. The van der Waals surface area contributed by atoms with E-state index in [-0.39, 0.29) is 0 Å². The van der Waals surface area contributed by atoms with Crippen molar-refractivity contribution in [3.63, 3.8) is 0 Å². The quantitative estimate of drug-likeness (QED) is 0.180. The van der Waals surface area contributed by atoms with Crippen molar-refractivity contribution in [2.45, 2.75) is 13.8 Å². The lowest BCUT2D eigenvalue weighted by Crippen LogP contribution is -2.07. The molecule has 0 amide bonds. The molecule has 57 heavy (non-hydrogen) atoms. The third-order valence-electron chi connectivity index (χ3n) is 10.9. The number of hydrogen-bond donors (Lipinski definition) is 0. The second kappa shape index (κ2) is 13.3. The summed E-state index contributed by atoms with van der Waals surface area (Å²) in [6.07, 6.45) is 0. The van der Waals surface area contributed by atoms with Gasteiger partial charge in [-0.3, -0.25) is 4.57 Å². The highest BCUT2D eigenvalue weighted by Gasteiger charge is 2.23. The van der Waals surface area contributed by atoms with Gasteiger partial charge in [0.05, 0.1) is 11.0 Å². The zero-order valence-corrected chi connectivity index (χ0v) is 32.1. The monoisotopic (exact) mass is 750 g/mol. The number of benzene rings is 8. The molecule has 0 spiro atoms. The minimum atomic E-state index is 0.555.